The predicted octanol–water partition coefficient (Wildman–Crippen LogP) is 6.22. The van der Waals surface area contributed by atoms with Crippen LogP contribution in [0.15, 0.2) is 60.0 Å². The number of nitrogens with zero attached hydrogens (tertiary/aromatic N) is 3. The van der Waals surface area contributed by atoms with Crippen molar-refractivity contribution in [3.05, 3.63) is 82.0 Å². The number of fused-ring (bicyclic) bond motifs is 4. The number of nitrogens with one attached hydrogen (secondary N) is 1. The number of hydrogen-bond donors (Lipinski definition) is 1. The fraction of sp³-hybridized carbons (Fsp3) is 0.269. The van der Waals surface area contributed by atoms with Crippen LogP contribution in [0.2, 0.25) is 0 Å². The van der Waals surface area contributed by atoms with Crippen LogP contribution in [0.4, 0.5) is 5.82 Å². The maximum Gasteiger partial charge on any atom is 0.158 e. The molecule has 5 nitrogen and oxygen atoms in total. The molecule has 3 heterocycles. The molecule has 2 aliphatic rings. The molecular formula is C26H24N4OS. The first-order chi connectivity index (χ1) is 15.8. The lowest BCUT2D eigenvalue weighted by Gasteiger charge is -2.28. The van der Waals surface area contributed by atoms with E-state index in [1.807, 2.05) is 12.1 Å². The molecule has 0 radical (unpaired) electrons. The highest BCUT2D eigenvalue weighted by molar-refractivity contribution is 7.19. The zero-order valence-corrected chi connectivity index (χ0v) is 18.8. The van der Waals surface area contributed by atoms with Gasteiger partial charge in [0.2, 0.25) is 0 Å². The SMILES string of the molecule is Cc1ccc2c(c1)/C(=N\Nc1ncnc3sc4c(c13)CCCC4)C[C@@H](c1ccccc1)O2. The maximum absolute atomic E-state index is 6.35. The summed E-state index contributed by atoms with van der Waals surface area (Å²) in [5.74, 6) is 1.68. The van der Waals surface area contributed by atoms with Crippen molar-refractivity contribution in [1.82, 2.24) is 9.97 Å². The monoisotopic (exact) mass is 440 g/mol. The summed E-state index contributed by atoms with van der Waals surface area (Å²) in [6.07, 6.45) is 7.00. The average molecular weight is 441 g/mol. The lowest BCUT2D eigenvalue weighted by molar-refractivity contribution is 0.206. The number of anilines is 1. The van der Waals surface area contributed by atoms with E-state index in [0.717, 1.165) is 51.5 Å². The van der Waals surface area contributed by atoms with E-state index in [2.05, 4.69) is 58.7 Å². The summed E-state index contributed by atoms with van der Waals surface area (Å²) in [7, 11) is 0. The first kappa shape index (κ1) is 19.4. The van der Waals surface area contributed by atoms with Crippen LogP contribution >= 0.6 is 11.3 Å². The highest BCUT2D eigenvalue weighted by atomic mass is 32.1. The lowest BCUT2D eigenvalue weighted by Crippen LogP contribution is -2.22. The van der Waals surface area contributed by atoms with Crippen molar-refractivity contribution >= 4 is 33.1 Å². The molecule has 2 aromatic carbocycles. The molecule has 2 aromatic heterocycles. The van der Waals surface area contributed by atoms with Gasteiger partial charge in [0, 0.05) is 16.9 Å². The van der Waals surface area contributed by atoms with Gasteiger partial charge in [0.1, 0.15) is 23.0 Å². The number of benzene rings is 2. The quantitative estimate of drug-likeness (QED) is 0.384. The van der Waals surface area contributed by atoms with Crippen LogP contribution in [-0.4, -0.2) is 15.7 Å². The molecule has 0 fully saturated rings. The van der Waals surface area contributed by atoms with Crippen LogP contribution in [0.1, 0.15) is 52.5 Å². The third-order valence-corrected chi connectivity index (χ3v) is 7.51. The Morgan fingerprint density at radius 1 is 1.06 bits per heavy atom. The molecule has 0 saturated heterocycles. The van der Waals surface area contributed by atoms with E-state index in [9.17, 15) is 0 Å². The number of thiophene rings is 1. The zero-order valence-electron chi connectivity index (χ0n) is 18.0. The van der Waals surface area contributed by atoms with Gasteiger partial charge in [-0.25, -0.2) is 9.97 Å². The van der Waals surface area contributed by atoms with Crippen molar-refractivity contribution in [3.8, 4) is 5.75 Å². The highest BCUT2D eigenvalue weighted by Gasteiger charge is 2.27. The van der Waals surface area contributed by atoms with Crippen LogP contribution in [0.3, 0.4) is 0 Å². The Balaban J connectivity index is 1.40. The van der Waals surface area contributed by atoms with E-state index in [-0.39, 0.29) is 6.10 Å². The van der Waals surface area contributed by atoms with E-state index < -0.39 is 0 Å². The van der Waals surface area contributed by atoms with E-state index in [4.69, 9.17) is 9.84 Å². The van der Waals surface area contributed by atoms with Crippen LogP contribution in [0, 0.1) is 6.92 Å². The van der Waals surface area contributed by atoms with Crippen molar-refractivity contribution in [1.29, 1.82) is 0 Å². The van der Waals surface area contributed by atoms with Crippen molar-refractivity contribution in [2.45, 2.75) is 45.1 Å². The van der Waals surface area contributed by atoms with Gasteiger partial charge in [-0.1, -0.05) is 42.0 Å². The van der Waals surface area contributed by atoms with E-state index in [1.54, 1.807) is 17.7 Å². The number of rotatable bonds is 3. The van der Waals surface area contributed by atoms with Gasteiger partial charge in [0.05, 0.1) is 11.1 Å². The van der Waals surface area contributed by atoms with Gasteiger partial charge in [-0.15, -0.1) is 11.3 Å². The standard InChI is InChI=1S/C26H24N4OS/c1-16-11-12-21-19(13-16)20(14-22(31-21)17-7-3-2-4-8-17)29-30-25-24-18-9-5-6-10-23(18)32-26(24)28-15-27-25/h2-4,7-8,11-13,15,22H,5-6,9-10,14H2,1H3,(H,27,28,30)/b29-20-/t22-/m0/s1. The van der Waals surface area contributed by atoms with Crippen LogP contribution in [0.25, 0.3) is 10.2 Å². The largest absolute Gasteiger partial charge is 0.485 e. The van der Waals surface area contributed by atoms with Crippen molar-refractivity contribution in [2.75, 3.05) is 5.43 Å². The number of hydrazone groups is 1. The van der Waals surface area contributed by atoms with Crippen molar-refractivity contribution in [2.24, 2.45) is 5.10 Å². The lowest BCUT2D eigenvalue weighted by atomic mass is 9.94. The summed E-state index contributed by atoms with van der Waals surface area (Å²) in [4.78, 5) is 11.6. The number of hydrogen-bond acceptors (Lipinski definition) is 6. The highest BCUT2D eigenvalue weighted by Crippen LogP contribution is 2.39. The average Bonchev–Trinajstić information content (AvgIpc) is 3.22. The van der Waals surface area contributed by atoms with Gasteiger partial charge in [-0.05, 0) is 55.9 Å². The third-order valence-electron chi connectivity index (χ3n) is 6.31. The van der Waals surface area contributed by atoms with Gasteiger partial charge >= 0.3 is 0 Å². The Labute approximate surface area is 191 Å². The minimum absolute atomic E-state index is 0.0636. The molecular weight excluding hydrogens is 416 g/mol. The Hall–Kier alpha value is -3.25. The normalized spacial score (nSPS) is 18.8. The zero-order chi connectivity index (χ0) is 21.5. The minimum Gasteiger partial charge on any atom is -0.485 e. The molecule has 1 aliphatic heterocycles. The Kier molecular flexibility index (Phi) is 4.87. The first-order valence-corrected chi connectivity index (χ1v) is 12.0. The topological polar surface area (TPSA) is 59.4 Å². The smallest absolute Gasteiger partial charge is 0.158 e. The summed E-state index contributed by atoms with van der Waals surface area (Å²) < 4.78 is 6.35. The molecule has 160 valence electrons. The summed E-state index contributed by atoms with van der Waals surface area (Å²) in [5, 5.41) is 6.04. The molecule has 1 aliphatic carbocycles. The number of ether oxygens (including phenoxy) is 1. The molecule has 1 atom stereocenters. The summed E-state index contributed by atoms with van der Waals surface area (Å²) >= 11 is 1.80. The molecule has 6 heteroatoms. The van der Waals surface area contributed by atoms with Gasteiger partial charge in [0.15, 0.2) is 5.82 Å². The second-order valence-corrected chi connectivity index (χ2v) is 9.59. The van der Waals surface area contributed by atoms with Crippen molar-refractivity contribution in [3.63, 3.8) is 0 Å². The first-order valence-electron chi connectivity index (χ1n) is 11.2. The summed E-state index contributed by atoms with van der Waals surface area (Å²) in [6.45, 7) is 2.10. The second-order valence-electron chi connectivity index (χ2n) is 8.50. The molecule has 1 N–H and O–H groups in total. The predicted molar refractivity (Wildman–Crippen MR) is 130 cm³/mol. The Bertz CT molecular complexity index is 1330. The second kappa shape index (κ2) is 8.02. The molecule has 32 heavy (non-hydrogen) atoms. The van der Waals surface area contributed by atoms with Gasteiger partial charge in [-0.2, -0.15) is 5.10 Å². The Morgan fingerprint density at radius 3 is 2.84 bits per heavy atom. The molecule has 0 saturated carbocycles. The van der Waals surface area contributed by atoms with E-state index >= 15 is 0 Å². The van der Waals surface area contributed by atoms with Crippen LogP contribution < -0.4 is 10.2 Å². The third kappa shape index (κ3) is 3.45. The molecule has 6 rings (SSSR count). The molecule has 0 bridgehead atoms. The van der Waals surface area contributed by atoms with Crippen LogP contribution in [-0.2, 0) is 12.8 Å². The maximum atomic E-state index is 6.35. The van der Waals surface area contributed by atoms with Gasteiger partial charge < -0.3 is 4.74 Å². The van der Waals surface area contributed by atoms with Gasteiger partial charge in [0.25, 0.3) is 0 Å². The van der Waals surface area contributed by atoms with Crippen LogP contribution in [0.5, 0.6) is 5.75 Å². The minimum atomic E-state index is -0.0636. The van der Waals surface area contributed by atoms with Gasteiger partial charge in [-0.3, -0.25) is 5.43 Å². The molecule has 0 unspecified atom stereocenters. The number of aromatic nitrogens is 2. The summed E-state index contributed by atoms with van der Waals surface area (Å²) in [6, 6.07) is 16.6. The Morgan fingerprint density at radius 2 is 1.94 bits per heavy atom. The molecule has 0 amide bonds. The van der Waals surface area contributed by atoms with E-state index in [1.165, 1.54) is 28.8 Å². The van der Waals surface area contributed by atoms with Crippen molar-refractivity contribution < 1.29 is 4.74 Å². The fourth-order valence-electron chi connectivity index (χ4n) is 4.71. The fourth-order valence-corrected chi connectivity index (χ4v) is 5.94. The molecule has 4 aromatic rings. The molecule has 0 spiro atoms. The summed E-state index contributed by atoms with van der Waals surface area (Å²) in [5.41, 5.74) is 9.10. The number of aryl methyl sites for hydroxylation is 3. The van der Waals surface area contributed by atoms with E-state index in [0.29, 0.717) is 6.42 Å².